The van der Waals surface area contributed by atoms with Crippen molar-refractivity contribution in [2.24, 2.45) is 4.99 Å². The van der Waals surface area contributed by atoms with Crippen LogP contribution in [0.15, 0.2) is 59.6 Å². The van der Waals surface area contributed by atoms with Gasteiger partial charge in [-0.3, -0.25) is 4.99 Å². The van der Waals surface area contributed by atoms with Crippen LogP contribution in [0.5, 0.6) is 0 Å². The van der Waals surface area contributed by atoms with Gasteiger partial charge in [-0.15, -0.1) is 0 Å². The van der Waals surface area contributed by atoms with Gasteiger partial charge in [-0.25, -0.2) is 0 Å². The molecule has 0 fully saturated rings. The molecule has 4 rings (SSSR count). The van der Waals surface area contributed by atoms with Crippen molar-refractivity contribution in [1.82, 2.24) is 0 Å². The zero-order valence-corrected chi connectivity index (χ0v) is 13.7. The number of benzene rings is 4. The summed E-state index contributed by atoms with van der Waals surface area (Å²) in [5.41, 5.74) is 1.22. The molecular weight excluding hydrogens is 278 g/mol. The molecule has 114 valence electrons. The summed E-state index contributed by atoms with van der Waals surface area (Å²) in [6, 6.07) is 20.3. The second kappa shape index (κ2) is 5.66. The summed E-state index contributed by atoms with van der Waals surface area (Å²) in [6.45, 7) is 4.41. The first-order chi connectivity index (χ1) is 11.3. The molecule has 0 N–H and O–H groups in total. The highest BCUT2D eigenvalue weighted by Gasteiger charge is 2.09. The van der Waals surface area contributed by atoms with Crippen LogP contribution in [0.3, 0.4) is 0 Å². The maximum Gasteiger partial charge on any atom is 0.0494 e. The van der Waals surface area contributed by atoms with Crippen molar-refractivity contribution >= 4 is 38.5 Å². The first kappa shape index (κ1) is 14.2. The topological polar surface area (TPSA) is 12.4 Å². The minimum absolute atomic E-state index is 0.425. The largest absolute Gasteiger partial charge is 0.289 e. The van der Waals surface area contributed by atoms with Gasteiger partial charge in [-0.05, 0) is 45.2 Å². The molecule has 1 nitrogen and oxygen atoms in total. The first-order valence-electron chi connectivity index (χ1n) is 8.51. The van der Waals surface area contributed by atoms with Gasteiger partial charge in [0.1, 0.15) is 0 Å². The summed E-state index contributed by atoms with van der Waals surface area (Å²) in [4.78, 5) is 4.79. The van der Waals surface area contributed by atoms with E-state index in [0.717, 1.165) is 12.8 Å². The molecule has 0 bridgehead atoms. The monoisotopic (exact) mass is 299 g/mol. The average Bonchev–Trinajstić information content (AvgIpc) is 2.61. The van der Waals surface area contributed by atoms with Gasteiger partial charge in [0, 0.05) is 17.8 Å². The van der Waals surface area contributed by atoms with Gasteiger partial charge >= 0.3 is 0 Å². The fourth-order valence-electron chi connectivity index (χ4n) is 3.56. The fraction of sp³-hybridized carbons (Fsp3) is 0.227. The Bertz CT molecular complexity index is 977. The molecule has 0 heterocycles. The molecule has 0 aromatic heterocycles. The van der Waals surface area contributed by atoms with Gasteiger partial charge in [-0.2, -0.15) is 0 Å². The van der Waals surface area contributed by atoms with E-state index < -0.39 is 0 Å². The van der Waals surface area contributed by atoms with Gasteiger partial charge < -0.3 is 0 Å². The number of aliphatic imine (C=N–C) groups is 1. The maximum atomic E-state index is 4.79. The molecule has 0 amide bonds. The van der Waals surface area contributed by atoms with Crippen LogP contribution in [-0.4, -0.2) is 12.3 Å². The Morgan fingerprint density at radius 2 is 1.39 bits per heavy atom. The van der Waals surface area contributed by atoms with Crippen molar-refractivity contribution in [2.45, 2.75) is 32.7 Å². The van der Waals surface area contributed by atoms with Crippen LogP contribution in [-0.2, 0) is 0 Å². The summed E-state index contributed by atoms with van der Waals surface area (Å²) in [5, 5.41) is 7.99. The molecule has 23 heavy (non-hydrogen) atoms. The third-order valence-electron chi connectivity index (χ3n) is 4.93. The van der Waals surface area contributed by atoms with Crippen LogP contribution in [0.1, 0.15) is 32.3 Å². The number of rotatable bonds is 4. The minimum Gasteiger partial charge on any atom is -0.289 e. The van der Waals surface area contributed by atoms with Crippen molar-refractivity contribution < 1.29 is 0 Å². The Hall–Kier alpha value is -2.41. The lowest BCUT2D eigenvalue weighted by atomic mass is 9.92. The van der Waals surface area contributed by atoms with Crippen molar-refractivity contribution in [3.8, 4) is 0 Å². The summed E-state index contributed by atoms with van der Waals surface area (Å²) in [6.07, 6.45) is 4.27. The van der Waals surface area contributed by atoms with Crippen LogP contribution < -0.4 is 0 Å². The van der Waals surface area contributed by atoms with Gasteiger partial charge in [-0.1, -0.05) is 68.4 Å². The van der Waals surface area contributed by atoms with E-state index in [1.165, 1.54) is 37.9 Å². The third-order valence-corrected chi connectivity index (χ3v) is 4.93. The van der Waals surface area contributed by atoms with E-state index >= 15 is 0 Å². The summed E-state index contributed by atoms with van der Waals surface area (Å²) < 4.78 is 0. The molecule has 0 aliphatic rings. The van der Waals surface area contributed by atoms with E-state index in [1.54, 1.807) is 0 Å². The first-order valence-corrected chi connectivity index (χ1v) is 8.51. The van der Waals surface area contributed by atoms with Crippen LogP contribution in [0.2, 0.25) is 0 Å². The lowest BCUT2D eigenvalue weighted by Crippen LogP contribution is -2.00. The van der Waals surface area contributed by atoms with E-state index in [2.05, 4.69) is 74.7 Å². The predicted molar refractivity (Wildman–Crippen MR) is 102 cm³/mol. The summed E-state index contributed by atoms with van der Waals surface area (Å²) in [5.74, 6) is 0. The Kier molecular flexibility index (Phi) is 3.49. The quantitative estimate of drug-likeness (QED) is 0.314. The highest BCUT2D eigenvalue weighted by atomic mass is 14.8. The van der Waals surface area contributed by atoms with E-state index in [1.807, 2.05) is 0 Å². The molecule has 0 atom stereocenters. The fourth-order valence-corrected chi connectivity index (χ4v) is 3.56. The molecule has 0 radical (unpaired) electrons. The Labute approximate surface area is 137 Å². The van der Waals surface area contributed by atoms with Gasteiger partial charge in [0.2, 0.25) is 0 Å². The zero-order chi connectivity index (χ0) is 15.8. The highest BCUT2D eigenvalue weighted by Crippen LogP contribution is 2.35. The van der Waals surface area contributed by atoms with Crippen molar-refractivity contribution in [2.75, 3.05) is 0 Å². The van der Waals surface area contributed by atoms with Crippen LogP contribution in [0.4, 0.5) is 0 Å². The summed E-state index contributed by atoms with van der Waals surface area (Å²) in [7, 11) is 0. The second-order valence-corrected chi connectivity index (χ2v) is 6.26. The number of hydrogen-bond acceptors (Lipinski definition) is 1. The lowest BCUT2D eigenvalue weighted by molar-refractivity contribution is 0.634. The molecule has 1 heteroatoms. The Morgan fingerprint density at radius 1 is 0.783 bits per heavy atom. The average molecular weight is 299 g/mol. The SMILES string of the molecule is CCC(CC)N=Cc1ccc2ccc3cccc4ccc1c2c34. The molecule has 0 spiro atoms. The molecular formula is C22H21N. The third kappa shape index (κ3) is 2.28. The minimum atomic E-state index is 0.425. The van der Waals surface area contributed by atoms with Crippen LogP contribution >= 0.6 is 0 Å². The lowest BCUT2D eigenvalue weighted by Gasteiger charge is -2.12. The maximum absolute atomic E-state index is 4.79. The number of nitrogens with zero attached hydrogens (tertiary/aromatic N) is 1. The smallest absolute Gasteiger partial charge is 0.0494 e. The van der Waals surface area contributed by atoms with Crippen molar-refractivity contribution in [3.63, 3.8) is 0 Å². The van der Waals surface area contributed by atoms with Crippen LogP contribution in [0.25, 0.3) is 32.3 Å². The van der Waals surface area contributed by atoms with Crippen molar-refractivity contribution in [1.29, 1.82) is 0 Å². The Morgan fingerprint density at radius 3 is 2.09 bits per heavy atom. The Balaban J connectivity index is 2.00. The van der Waals surface area contributed by atoms with Gasteiger partial charge in [0.25, 0.3) is 0 Å². The van der Waals surface area contributed by atoms with Crippen LogP contribution in [0, 0.1) is 0 Å². The van der Waals surface area contributed by atoms with Crippen molar-refractivity contribution in [3.05, 3.63) is 60.2 Å². The van der Waals surface area contributed by atoms with Gasteiger partial charge in [0.05, 0.1) is 0 Å². The summed E-state index contributed by atoms with van der Waals surface area (Å²) >= 11 is 0. The van der Waals surface area contributed by atoms with E-state index in [9.17, 15) is 0 Å². The predicted octanol–water partition coefficient (Wildman–Crippen LogP) is 6.19. The standard InChI is InChI=1S/C22H21N/c1-3-19(4-2)23-14-18-11-10-17-9-8-15-6-5-7-16-12-13-20(18)22(17)21(15)16/h5-14,19H,3-4H2,1-2H3. The highest BCUT2D eigenvalue weighted by molar-refractivity contribution is 6.25. The second-order valence-electron chi connectivity index (χ2n) is 6.26. The number of hydrogen-bond donors (Lipinski definition) is 0. The normalized spacial score (nSPS) is 12.5. The molecule has 4 aromatic rings. The molecule has 0 unspecified atom stereocenters. The molecule has 4 aromatic carbocycles. The van der Waals surface area contributed by atoms with Gasteiger partial charge in [0.15, 0.2) is 0 Å². The zero-order valence-electron chi connectivity index (χ0n) is 13.7. The van der Waals surface area contributed by atoms with E-state index in [0.29, 0.717) is 6.04 Å². The molecule has 0 aliphatic heterocycles. The van der Waals surface area contributed by atoms with E-state index in [4.69, 9.17) is 4.99 Å². The molecule has 0 aliphatic carbocycles. The molecule has 0 saturated carbocycles. The molecule has 0 saturated heterocycles. The van der Waals surface area contributed by atoms with E-state index in [-0.39, 0.29) is 0 Å².